The van der Waals surface area contributed by atoms with Gasteiger partial charge in [0, 0.05) is 68.8 Å². The Morgan fingerprint density at radius 2 is 1.57 bits per heavy atom. The van der Waals surface area contributed by atoms with Crippen molar-refractivity contribution in [2.45, 2.75) is 104 Å². The Balaban J connectivity index is 0.711. The number of piperazine rings is 1. The molecular weight excluding hydrogens is 995 g/mol. The zero-order chi connectivity index (χ0) is 53.3. The lowest BCUT2D eigenvalue weighted by atomic mass is 9.85. The molecule has 0 radical (unpaired) electrons. The maximum atomic E-state index is 14.0. The van der Waals surface area contributed by atoms with Gasteiger partial charge in [0.05, 0.1) is 80.7 Å². The van der Waals surface area contributed by atoms with Gasteiger partial charge in [-0.25, -0.2) is 9.97 Å². The second kappa shape index (κ2) is 28.2. The minimum absolute atomic E-state index is 0.0176. The number of para-hydroxylation sites is 1. The highest BCUT2D eigenvalue weighted by Crippen LogP contribution is 2.30. The summed E-state index contributed by atoms with van der Waals surface area (Å²) in [5.41, 5.74) is 6.36. The first-order valence-corrected chi connectivity index (χ1v) is 28.1. The van der Waals surface area contributed by atoms with Gasteiger partial charge in [-0.1, -0.05) is 94.3 Å². The molecule has 0 spiro atoms. The lowest BCUT2D eigenvalue weighted by Crippen LogP contribution is -2.58. The summed E-state index contributed by atoms with van der Waals surface area (Å²) in [6, 6.07) is 14.1. The second-order valence-corrected chi connectivity index (χ2v) is 22.3. The summed E-state index contributed by atoms with van der Waals surface area (Å²) >= 11 is 3.03. The van der Waals surface area contributed by atoms with E-state index in [0.717, 1.165) is 90.8 Å². The number of anilines is 1. The van der Waals surface area contributed by atoms with Gasteiger partial charge in [0.2, 0.25) is 17.7 Å². The number of thiazole rings is 2. The van der Waals surface area contributed by atoms with Crippen LogP contribution in [0.5, 0.6) is 0 Å². The fraction of sp³-hybridized carbons (Fsp3) is 0.564. The van der Waals surface area contributed by atoms with Crippen molar-refractivity contribution < 1.29 is 43.2 Å². The topological polar surface area (TPSA) is 213 Å². The number of fused-ring (bicyclic) bond motifs is 1. The minimum Gasteiger partial charge on any atom is -0.391 e. The normalized spacial score (nSPS) is 17.5. The highest BCUT2D eigenvalue weighted by Gasteiger charge is 2.44. The van der Waals surface area contributed by atoms with Gasteiger partial charge in [0.25, 0.3) is 5.91 Å². The monoisotopic (exact) mass is 1070 g/mol. The molecule has 4 amide bonds. The fourth-order valence-corrected chi connectivity index (χ4v) is 11.1. The third-order valence-electron chi connectivity index (χ3n) is 13.7. The number of nitrogens with one attached hydrogen (secondary N) is 4. The predicted molar refractivity (Wildman–Crippen MR) is 293 cm³/mol. The number of carbonyl (C=O) groups is 4. The predicted octanol–water partition coefficient (Wildman–Crippen LogP) is 6.15. The number of nitrogens with zero attached hydrogens (tertiary/aromatic N) is 5. The molecule has 5 atom stereocenters. The molecule has 0 bridgehead atoms. The number of aromatic amines is 1. The lowest BCUT2D eigenvalue weighted by molar-refractivity contribution is -0.144. The standard InChI is InChI=1S/C55H77N9O9S2/c1-7-8-11-42(30-41-32-56-45-13-10-9-12-44(41)45)60-52(68)47-33-57-54(75-47)63-20-18-62(19-21-63)22-23-70-24-25-71-26-27-72-28-29-73-35-48(66)61-50(55(4,5)6)53(69)64-34-43(65)31-46(64)51(67)59-37(2)39-14-16-40(17-15-39)49-38(3)58-36-74-49/h9-10,12-17,32-33,36-37,42-43,46,50,56,65H,7-8,11,18-31,34-35H2,1-6H3,(H,59,67)(H,60,68)(H,61,66)/t37-,42?,43+,46-,50?/m0/s1. The average molecular weight is 1070 g/mol. The van der Waals surface area contributed by atoms with E-state index in [2.05, 4.69) is 72.0 Å². The molecule has 75 heavy (non-hydrogen) atoms. The Hall–Kier alpha value is -5.32. The van der Waals surface area contributed by atoms with Crippen LogP contribution in [-0.4, -0.2) is 170 Å². The SMILES string of the molecule is CCCCC(Cc1c[nH]c2ccccc12)NC(=O)c1cnc(N2CCN(CCOCCOCCOCCOCC(=O)NC(C(=O)N3C[C@H](O)C[C@H]3C(=O)N[C@@H](C)c3ccc(-c4scnc4C)cc3)C(C)(C)C)CC2)s1. The van der Waals surface area contributed by atoms with Gasteiger partial charge < -0.3 is 54.8 Å². The summed E-state index contributed by atoms with van der Waals surface area (Å²) in [7, 11) is 0. The van der Waals surface area contributed by atoms with Crippen molar-refractivity contribution >= 4 is 62.3 Å². The van der Waals surface area contributed by atoms with Crippen LogP contribution < -0.4 is 20.9 Å². The van der Waals surface area contributed by atoms with Gasteiger partial charge in [-0.3, -0.25) is 24.1 Å². The molecule has 20 heteroatoms. The smallest absolute Gasteiger partial charge is 0.263 e. The van der Waals surface area contributed by atoms with Crippen LogP contribution in [0.3, 0.4) is 0 Å². The Morgan fingerprint density at radius 3 is 2.25 bits per heavy atom. The molecule has 408 valence electrons. The molecule has 7 rings (SSSR count). The number of rotatable bonds is 28. The molecule has 2 aliphatic heterocycles. The molecule has 0 aliphatic carbocycles. The quantitative estimate of drug-likeness (QED) is 0.0357. The number of β-amino-alcohol motifs (C(OH)–C–C–N with tert-alkyl or cyclic N) is 1. The average Bonchev–Trinajstić information content (AvgIpc) is 4.24. The number of H-pyrrole nitrogens is 1. The van der Waals surface area contributed by atoms with E-state index in [1.54, 1.807) is 17.5 Å². The highest BCUT2D eigenvalue weighted by molar-refractivity contribution is 7.17. The number of unbranched alkanes of at least 4 members (excludes halogenated alkanes) is 1. The number of ether oxygens (including phenoxy) is 4. The molecule has 3 aromatic heterocycles. The number of aliphatic hydroxyl groups excluding tert-OH is 1. The van der Waals surface area contributed by atoms with E-state index in [4.69, 9.17) is 18.9 Å². The Morgan fingerprint density at radius 1 is 0.880 bits per heavy atom. The highest BCUT2D eigenvalue weighted by atomic mass is 32.1. The molecule has 18 nitrogen and oxygen atoms in total. The second-order valence-electron chi connectivity index (χ2n) is 20.5. The minimum atomic E-state index is -0.966. The van der Waals surface area contributed by atoms with Crippen LogP contribution in [-0.2, 0) is 39.8 Å². The Kier molecular flexibility index (Phi) is 21.6. The summed E-state index contributed by atoms with van der Waals surface area (Å²) in [5.74, 6) is -1.35. The van der Waals surface area contributed by atoms with Crippen molar-refractivity contribution in [2.75, 3.05) is 97.0 Å². The largest absolute Gasteiger partial charge is 0.391 e. The summed E-state index contributed by atoms with van der Waals surface area (Å²) in [6.07, 6.45) is 6.80. The van der Waals surface area contributed by atoms with E-state index in [1.807, 2.05) is 70.5 Å². The third-order valence-corrected chi connectivity index (χ3v) is 15.7. The molecule has 5 aromatic rings. The Bertz CT molecular complexity index is 2590. The maximum absolute atomic E-state index is 14.0. The number of hydrogen-bond donors (Lipinski definition) is 5. The van der Waals surface area contributed by atoms with E-state index >= 15 is 0 Å². The molecule has 2 fully saturated rings. The number of aromatic nitrogens is 3. The number of hydrogen-bond acceptors (Lipinski definition) is 15. The number of likely N-dealkylation sites (tertiary alicyclic amines) is 1. The van der Waals surface area contributed by atoms with Crippen LogP contribution in [0, 0.1) is 12.3 Å². The van der Waals surface area contributed by atoms with Crippen molar-refractivity contribution in [3.05, 3.63) is 88.1 Å². The number of carbonyl (C=O) groups excluding carboxylic acids is 4. The van der Waals surface area contributed by atoms with Crippen molar-refractivity contribution in [2.24, 2.45) is 5.41 Å². The summed E-state index contributed by atoms with van der Waals surface area (Å²) in [5, 5.41) is 21.9. The number of amides is 4. The molecule has 2 aliphatic rings. The van der Waals surface area contributed by atoms with Crippen molar-refractivity contribution in [1.29, 1.82) is 0 Å². The molecule has 2 aromatic carbocycles. The van der Waals surface area contributed by atoms with E-state index in [1.165, 1.54) is 27.2 Å². The molecule has 0 saturated carbocycles. The van der Waals surface area contributed by atoms with E-state index < -0.39 is 35.4 Å². The van der Waals surface area contributed by atoms with Gasteiger partial charge >= 0.3 is 0 Å². The first-order valence-electron chi connectivity index (χ1n) is 26.4. The summed E-state index contributed by atoms with van der Waals surface area (Å²) in [4.78, 5) is 74.2. The molecule has 5 N–H and O–H groups in total. The van der Waals surface area contributed by atoms with Gasteiger partial charge in [-0.15, -0.1) is 11.3 Å². The molecule has 2 unspecified atom stereocenters. The van der Waals surface area contributed by atoms with E-state index in [0.29, 0.717) is 37.9 Å². The summed E-state index contributed by atoms with van der Waals surface area (Å²) in [6.45, 7) is 18.1. The molecule has 2 saturated heterocycles. The van der Waals surface area contributed by atoms with Gasteiger partial charge in [-0.2, -0.15) is 0 Å². The van der Waals surface area contributed by atoms with E-state index in [-0.39, 0.29) is 56.7 Å². The number of aryl methyl sites for hydroxylation is 1. The van der Waals surface area contributed by atoms with Gasteiger partial charge in [-0.05, 0) is 54.9 Å². The van der Waals surface area contributed by atoms with Crippen LogP contribution in [0.2, 0.25) is 0 Å². The lowest BCUT2D eigenvalue weighted by Gasteiger charge is -2.35. The maximum Gasteiger partial charge on any atom is 0.263 e. The van der Waals surface area contributed by atoms with Crippen LogP contribution in [0.25, 0.3) is 21.3 Å². The molecular formula is C55H77N9O9S2. The van der Waals surface area contributed by atoms with Gasteiger partial charge in [0.15, 0.2) is 5.13 Å². The molecule has 5 heterocycles. The first-order chi connectivity index (χ1) is 36.2. The van der Waals surface area contributed by atoms with Crippen molar-refractivity contribution in [1.82, 2.24) is 40.7 Å². The van der Waals surface area contributed by atoms with Crippen LogP contribution in [0.4, 0.5) is 5.13 Å². The van der Waals surface area contributed by atoms with Crippen molar-refractivity contribution in [3.8, 4) is 10.4 Å². The van der Waals surface area contributed by atoms with Crippen LogP contribution in [0.1, 0.15) is 92.8 Å². The third kappa shape index (κ3) is 16.6. The number of aliphatic hydroxyl groups is 1. The zero-order valence-electron chi connectivity index (χ0n) is 44.4. The summed E-state index contributed by atoms with van der Waals surface area (Å²) < 4.78 is 22.7. The van der Waals surface area contributed by atoms with Crippen LogP contribution in [0.15, 0.2) is 66.4 Å². The first kappa shape index (κ1) is 57.4. The zero-order valence-corrected chi connectivity index (χ0v) is 46.1. The van der Waals surface area contributed by atoms with Gasteiger partial charge in [0.1, 0.15) is 23.6 Å². The number of benzene rings is 2. The van der Waals surface area contributed by atoms with E-state index in [9.17, 15) is 24.3 Å². The Labute approximate surface area is 449 Å². The van der Waals surface area contributed by atoms with Crippen molar-refractivity contribution in [3.63, 3.8) is 0 Å². The van der Waals surface area contributed by atoms with Crippen LogP contribution >= 0.6 is 22.7 Å². The fourth-order valence-electron chi connectivity index (χ4n) is 9.41.